The summed E-state index contributed by atoms with van der Waals surface area (Å²) in [6, 6.07) is 0. The molecular formula is C63H122O17P2. The zero-order valence-electron chi connectivity index (χ0n) is 52.9. The van der Waals surface area contributed by atoms with Crippen LogP contribution < -0.4 is 0 Å². The van der Waals surface area contributed by atoms with E-state index in [1.54, 1.807) is 0 Å². The Labute approximate surface area is 498 Å². The summed E-state index contributed by atoms with van der Waals surface area (Å²) in [5.74, 6) is 0.0221. The summed E-state index contributed by atoms with van der Waals surface area (Å²) in [6.07, 6.45) is 34.9. The zero-order valence-corrected chi connectivity index (χ0v) is 54.7. The SMILES string of the molecule is CCCCCCCCCCCC(=O)OC[C@H](COP(=O)(O)OC[C@H](O)COP(=O)(O)OC[C@@H](COC(=O)CCCCCCCCCCC(C)C)OC(=O)CCCCCCCCCCC(C)C)OC(=O)CCCCCCCCCCC(C)C. The fraction of sp³-hybridized carbons (Fsp3) is 0.937. The molecule has 19 heteroatoms. The van der Waals surface area contributed by atoms with Gasteiger partial charge in [0.1, 0.15) is 19.3 Å². The molecule has 0 fully saturated rings. The average Bonchev–Trinajstić information content (AvgIpc) is 3.42. The highest BCUT2D eigenvalue weighted by Crippen LogP contribution is 2.45. The van der Waals surface area contributed by atoms with E-state index in [1.807, 2.05) is 0 Å². The summed E-state index contributed by atoms with van der Waals surface area (Å²) in [5.41, 5.74) is 0. The Morgan fingerprint density at radius 1 is 0.329 bits per heavy atom. The molecule has 0 bridgehead atoms. The van der Waals surface area contributed by atoms with Gasteiger partial charge < -0.3 is 33.8 Å². The number of hydrogen-bond donors (Lipinski definition) is 3. The molecule has 0 amide bonds. The van der Waals surface area contributed by atoms with Gasteiger partial charge in [-0.15, -0.1) is 0 Å². The van der Waals surface area contributed by atoms with Crippen LogP contribution in [-0.2, 0) is 65.4 Å². The van der Waals surface area contributed by atoms with E-state index in [0.717, 1.165) is 108 Å². The molecule has 0 aliphatic rings. The van der Waals surface area contributed by atoms with Crippen molar-refractivity contribution >= 4 is 39.5 Å². The van der Waals surface area contributed by atoms with Crippen LogP contribution >= 0.6 is 15.6 Å². The molecule has 0 saturated heterocycles. The summed E-state index contributed by atoms with van der Waals surface area (Å²) in [6.45, 7) is 11.7. The molecule has 0 heterocycles. The largest absolute Gasteiger partial charge is 0.472 e. The third-order valence-electron chi connectivity index (χ3n) is 14.4. The molecule has 82 heavy (non-hydrogen) atoms. The van der Waals surface area contributed by atoms with Crippen LogP contribution in [0.3, 0.4) is 0 Å². The number of carbonyl (C=O) groups excluding carboxylic acids is 4. The van der Waals surface area contributed by atoms with Crippen LogP contribution in [-0.4, -0.2) is 96.7 Å². The molecule has 0 aromatic rings. The van der Waals surface area contributed by atoms with Crippen molar-refractivity contribution in [1.29, 1.82) is 0 Å². The van der Waals surface area contributed by atoms with Crippen LogP contribution in [0.1, 0.15) is 305 Å². The van der Waals surface area contributed by atoms with Crippen molar-refractivity contribution in [3.05, 3.63) is 0 Å². The predicted molar refractivity (Wildman–Crippen MR) is 326 cm³/mol. The lowest BCUT2D eigenvalue weighted by Gasteiger charge is -2.21. The Hall–Kier alpha value is -1.94. The van der Waals surface area contributed by atoms with Crippen molar-refractivity contribution in [2.75, 3.05) is 39.6 Å². The number of unbranched alkanes of at least 4 members (excludes halogenated alkanes) is 29. The van der Waals surface area contributed by atoms with Gasteiger partial charge in [0.25, 0.3) is 0 Å². The lowest BCUT2D eigenvalue weighted by atomic mass is 10.0. The monoisotopic (exact) mass is 1210 g/mol. The molecule has 3 N–H and O–H groups in total. The van der Waals surface area contributed by atoms with Crippen LogP contribution in [0, 0.1) is 17.8 Å². The first-order valence-corrected chi connectivity index (χ1v) is 35.8. The number of phosphoric acid groups is 2. The van der Waals surface area contributed by atoms with E-state index < -0.39 is 97.5 Å². The van der Waals surface area contributed by atoms with Crippen molar-refractivity contribution in [2.45, 2.75) is 324 Å². The van der Waals surface area contributed by atoms with Gasteiger partial charge in [-0.05, 0) is 43.4 Å². The number of carbonyl (C=O) groups is 4. The highest BCUT2D eigenvalue weighted by Gasteiger charge is 2.30. The highest BCUT2D eigenvalue weighted by atomic mass is 31.2. The molecule has 486 valence electrons. The van der Waals surface area contributed by atoms with E-state index in [0.29, 0.717) is 25.7 Å². The number of rotatable bonds is 61. The number of hydrogen-bond acceptors (Lipinski definition) is 15. The number of aliphatic hydroxyl groups excluding tert-OH is 1. The van der Waals surface area contributed by atoms with Crippen LogP contribution in [0.4, 0.5) is 0 Å². The number of esters is 4. The second kappa shape index (κ2) is 54.5. The van der Waals surface area contributed by atoms with Gasteiger partial charge in [-0.25, -0.2) is 9.13 Å². The molecule has 0 aromatic heterocycles. The Morgan fingerprint density at radius 2 is 0.561 bits per heavy atom. The summed E-state index contributed by atoms with van der Waals surface area (Å²) in [4.78, 5) is 72.1. The van der Waals surface area contributed by atoms with Crippen LogP contribution in [0.25, 0.3) is 0 Å². The van der Waals surface area contributed by atoms with E-state index in [-0.39, 0.29) is 25.7 Å². The van der Waals surface area contributed by atoms with Gasteiger partial charge >= 0.3 is 39.5 Å². The molecule has 0 aromatic carbocycles. The average molecular weight is 1210 g/mol. The lowest BCUT2D eigenvalue weighted by Crippen LogP contribution is -2.30. The van der Waals surface area contributed by atoms with Gasteiger partial charge in [0.05, 0.1) is 26.4 Å². The highest BCUT2D eigenvalue weighted by molar-refractivity contribution is 7.47. The Balaban J connectivity index is 5.25. The zero-order chi connectivity index (χ0) is 61.0. The topological polar surface area (TPSA) is 237 Å². The fourth-order valence-corrected chi connectivity index (χ4v) is 10.9. The maximum absolute atomic E-state index is 13.0. The molecule has 5 atom stereocenters. The summed E-state index contributed by atoms with van der Waals surface area (Å²) in [5, 5.41) is 10.5. The van der Waals surface area contributed by atoms with Crippen molar-refractivity contribution in [2.24, 2.45) is 17.8 Å². The van der Waals surface area contributed by atoms with E-state index in [9.17, 15) is 43.2 Å². The van der Waals surface area contributed by atoms with E-state index >= 15 is 0 Å². The van der Waals surface area contributed by atoms with Gasteiger partial charge in [-0.2, -0.15) is 0 Å². The van der Waals surface area contributed by atoms with Crippen molar-refractivity contribution < 1.29 is 80.2 Å². The molecule has 2 unspecified atom stereocenters. The molecule has 0 aliphatic carbocycles. The van der Waals surface area contributed by atoms with Crippen LogP contribution in [0.15, 0.2) is 0 Å². The predicted octanol–water partition coefficient (Wildman–Crippen LogP) is 17.1. The Bertz CT molecular complexity index is 1630. The maximum Gasteiger partial charge on any atom is 0.472 e. The van der Waals surface area contributed by atoms with Crippen molar-refractivity contribution in [3.8, 4) is 0 Å². The third kappa shape index (κ3) is 57.2. The van der Waals surface area contributed by atoms with Crippen LogP contribution in [0.5, 0.6) is 0 Å². The van der Waals surface area contributed by atoms with E-state index in [1.165, 1.54) is 116 Å². The minimum absolute atomic E-state index is 0.103. The quantitative estimate of drug-likeness (QED) is 0.0222. The van der Waals surface area contributed by atoms with Gasteiger partial charge in [-0.1, -0.05) is 254 Å². The van der Waals surface area contributed by atoms with Gasteiger partial charge in [0, 0.05) is 25.7 Å². The Morgan fingerprint density at radius 3 is 0.829 bits per heavy atom. The fourth-order valence-electron chi connectivity index (χ4n) is 9.30. The number of phosphoric ester groups is 2. The first-order valence-electron chi connectivity index (χ1n) is 32.8. The first kappa shape index (κ1) is 80.1. The molecular weight excluding hydrogens is 1090 g/mol. The molecule has 0 saturated carbocycles. The molecule has 17 nitrogen and oxygen atoms in total. The second-order valence-corrected chi connectivity index (χ2v) is 27.1. The second-order valence-electron chi connectivity index (χ2n) is 24.2. The van der Waals surface area contributed by atoms with Gasteiger partial charge in [0.15, 0.2) is 12.2 Å². The summed E-state index contributed by atoms with van der Waals surface area (Å²) >= 11 is 0. The Kier molecular flexibility index (Phi) is 53.2. The lowest BCUT2D eigenvalue weighted by molar-refractivity contribution is -0.161. The summed E-state index contributed by atoms with van der Waals surface area (Å²) in [7, 11) is -9.88. The molecule has 0 rings (SSSR count). The van der Waals surface area contributed by atoms with E-state index in [2.05, 4.69) is 48.5 Å². The van der Waals surface area contributed by atoms with Crippen LogP contribution in [0.2, 0.25) is 0 Å². The smallest absolute Gasteiger partial charge is 0.462 e. The van der Waals surface area contributed by atoms with Crippen molar-refractivity contribution in [1.82, 2.24) is 0 Å². The van der Waals surface area contributed by atoms with Crippen molar-refractivity contribution in [3.63, 3.8) is 0 Å². The molecule has 0 aliphatic heterocycles. The third-order valence-corrected chi connectivity index (χ3v) is 16.3. The maximum atomic E-state index is 13.0. The summed E-state index contributed by atoms with van der Waals surface area (Å²) < 4.78 is 67.9. The molecule has 0 radical (unpaired) electrons. The first-order chi connectivity index (χ1) is 39.2. The minimum atomic E-state index is -4.94. The normalized spacial score (nSPS) is 14.4. The standard InChI is InChI=1S/C63H122O17P2/c1-8-9-10-11-12-13-23-30-37-44-60(65)73-50-58(79-62(67)46-39-32-25-18-15-21-28-35-42-55(4)5)52-77-81(69,70)75-48-57(64)49-76-82(71,72)78-53-59(80-63(68)47-40-33-26-19-16-22-29-36-43-56(6)7)51-74-61(66)45-38-31-24-17-14-20-27-34-41-54(2)3/h54-59,64H,8-53H2,1-7H3,(H,69,70)(H,71,72)/t57-,58+,59+/m0/s1. The van der Waals surface area contributed by atoms with Gasteiger partial charge in [-0.3, -0.25) is 37.3 Å². The van der Waals surface area contributed by atoms with Gasteiger partial charge in [0.2, 0.25) is 0 Å². The minimum Gasteiger partial charge on any atom is -0.462 e. The number of ether oxygens (including phenoxy) is 4. The number of aliphatic hydroxyl groups is 1. The van der Waals surface area contributed by atoms with E-state index in [4.69, 9.17) is 37.0 Å². The molecule has 0 spiro atoms.